The van der Waals surface area contributed by atoms with Gasteiger partial charge in [0.15, 0.2) is 6.10 Å². The Morgan fingerprint density at radius 3 is 0.910 bits per heavy atom. The van der Waals surface area contributed by atoms with Crippen molar-refractivity contribution in [2.45, 2.75) is 219 Å². The van der Waals surface area contributed by atoms with E-state index in [0.29, 0.717) is 23.9 Å². The van der Waals surface area contributed by atoms with Crippen LogP contribution in [0.3, 0.4) is 0 Å². The molecule has 0 aliphatic carbocycles. The molecule has 0 spiro atoms. The summed E-state index contributed by atoms with van der Waals surface area (Å²) in [4.78, 5) is 37.6. The molecule has 0 amide bonds. The first-order chi connectivity index (χ1) is 43.6. The van der Waals surface area contributed by atoms with E-state index in [1.54, 1.807) is 0 Å². The van der Waals surface area contributed by atoms with E-state index in [1.807, 2.05) is 21.1 Å². The average molecular weight is 1230 g/mol. The third-order valence-corrected chi connectivity index (χ3v) is 13.2. The van der Waals surface area contributed by atoms with E-state index < -0.39 is 30.3 Å². The number of esters is 2. The van der Waals surface area contributed by atoms with Gasteiger partial charge in [-0.2, -0.15) is 0 Å². The number of allylic oxidation sites excluding steroid dienone is 36. The maximum absolute atomic E-state index is 12.9. The van der Waals surface area contributed by atoms with Crippen molar-refractivity contribution in [2.75, 3.05) is 47.5 Å². The first kappa shape index (κ1) is 82.6. The van der Waals surface area contributed by atoms with Crippen molar-refractivity contribution in [3.05, 3.63) is 219 Å². The molecular weight excluding hydrogens is 1100 g/mol. The lowest BCUT2D eigenvalue weighted by atomic mass is 10.1. The molecule has 0 radical (unpaired) electrons. The maximum Gasteiger partial charge on any atom is 0.361 e. The van der Waals surface area contributed by atoms with E-state index >= 15 is 0 Å². The molecule has 89 heavy (non-hydrogen) atoms. The van der Waals surface area contributed by atoms with E-state index in [0.717, 1.165) is 167 Å². The normalized spacial score (nSPS) is 14.1. The van der Waals surface area contributed by atoms with Gasteiger partial charge in [-0.15, -0.1) is 0 Å². The van der Waals surface area contributed by atoms with Crippen molar-refractivity contribution in [3.63, 3.8) is 0 Å². The van der Waals surface area contributed by atoms with Gasteiger partial charge in [-0.1, -0.05) is 258 Å². The van der Waals surface area contributed by atoms with Crippen LogP contribution in [0.5, 0.6) is 0 Å². The first-order valence-electron chi connectivity index (χ1n) is 33.9. The molecule has 9 nitrogen and oxygen atoms in total. The summed E-state index contributed by atoms with van der Waals surface area (Å²) in [6, 6.07) is 0. The fourth-order valence-corrected chi connectivity index (χ4v) is 8.11. The fourth-order valence-electron chi connectivity index (χ4n) is 8.11. The fraction of sp³-hybridized carbons (Fsp3) is 0.512. The van der Waals surface area contributed by atoms with Crippen molar-refractivity contribution < 1.29 is 42.9 Å². The molecule has 0 saturated heterocycles. The van der Waals surface area contributed by atoms with E-state index in [-0.39, 0.29) is 32.7 Å². The first-order valence-corrected chi connectivity index (χ1v) is 33.9. The summed E-state index contributed by atoms with van der Waals surface area (Å²) in [5.41, 5.74) is 0. The number of likely N-dealkylation sites (N-methyl/N-ethyl adjacent to an activating group) is 1. The third-order valence-electron chi connectivity index (χ3n) is 13.2. The summed E-state index contributed by atoms with van der Waals surface area (Å²) >= 11 is 0. The molecule has 0 aromatic carbocycles. The molecule has 0 heterocycles. The number of carboxylic acid groups (broad SMARTS) is 1. The molecule has 1 N–H and O–H groups in total. The minimum atomic E-state index is -1.54. The van der Waals surface area contributed by atoms with E-state index in [4.69, 9.17) is 18.9 Å². The van der Waals surface area contributed by atoms with Crippen LogP contribution in [0, 0.1) is 0 Å². The number of carbonyl (C=O) groups is 3. The zero-order chi connectivity index (χ0) is 64.7. The monoisotopic (exact) mass is 1220 g/mol. The molecule has 0 rings (SSSR count). The molecule has 0 aromatic heterocycles. The predicted octanol–water partition coefficient (Wildman–Crippen LogP) is 21.3. The Balaban J connectivity index is 4.33. The van der Waals surface area contributed by atoms with Crippen LogP contribution in [-0.4, -0.2) is 87.4 Å². The van der Waals surface area contributed by atoms with Gasteiger partial charge < -0.3 is 28.5 Å². The highest BCUT2D eigenvalue weighted by atomic mass is 16.7. The SMILES string of the molecule is CC/C=C\C/C=C\C/C=C\C/C=C\C/C=C\C/C=C\C/C=C\C/C=C\C/C=C\C/C=C\C/C=C\CCCCCCCC(=O)OC(COC(=O)CCCCC/C=C\C/C=C\C/C=C\C/C=C\C/C=C\C/C=C\C/C=C\CC)COC(OCC[N+](C)(C)C)C(=O)O. The number of nitrogens with zero attached hydrogens (tertiary/aromatic N) is 1. The number of unbranched alkanes of at least 4 members (excludes halogenated alkanes) is 8. The van der Waals surface area contributed by atoms with Crippen LogP contribution in [0.15, 0.2) is 219 Å². The molecule has 0 aromatic rings. The number of ether oxygens (including phenoxy) is 4. The van der Waals surface area contributed by atoms with Crippen LogP contribution in [-0.2, 0) is 33.3 Å². The lowest BCUT2D eigenvalue weighted by molar-refractivity contribution is -0.870. The number of rotatable bonds is 59. The van der Waals surface area contributed by atoms with E-state index in [1.165, 1.54) is 0 Å². The quantitative estimate of drug-likeness (QED) is 0.0211. The van der Waals surface area contributed by atoms with Gasteiger partial charge in [0.25, 0.3) is 6.29 Å². The third kappa shape index (κ3) is 69.0. The summed E-state index contributed by atoms with van der Waals surface area (Å²) in [6.45, 7) is 4.54. The second-order valence-electron chi connectivity index (χ2n) is 22.7. The van der Waals surface area contributed by atoms with Crippen molar-refractivity contribution in [2.24, 2.45) is 0 Å². The van der Waals surface area contributed by atoms with Gasteiger partial charge in [-0.05, 0) is 154 Å². The van der Waals surface area contributed by atoms with Gasteiger partial charge in [-0.3, -0.25) is 9.59 Å². The van der Waals surface area contributed by atoms with Crippen molar-refractivity contribution in [3.8, 4) is 0 Å². The topological polar surface area (TPSA) is 108 Å². The molecule has 0 aliphatic heterocycles. The smallest absolute Gasteiger partial charge is 0.361 e. The maximum atomic E-state index is 12.9. The molecular formula is C80H122NO8+. The Bertz CT molecular complexity index is 2260. The molecule has 9 heteroatoms. The summed E-state index contributed by atoms with van der Waals surface area (Å²) in [5, 5.41) is 9.74. The number of aliphatic carboxylic acids is 1. The van der Waals surface area contributed by atoms with Gasteiger partial charge >= 0.3 is 17.9 Å². The summed E-state index contributed by atoms with van der Waals surface area (Å²) < 4.78 is 22.9. The van der Waals surface area contributed by atoms with Crippen LogP contribution in [0.1, 0.15) is 206 Å². The number of carboxylic acids is 1. The largest absolute Gasteiger partial charge is 0.477 e. The van der Waals surface area contributed by atoms with Gasteiger partial charge in [0.1, 0.15) is 13.2 Å². The standard InChI is InChI=1S/C80H121NO8/c1-6-8-10-12-14-16-18-20-22-24-26-28-30-32-33-34-35-36-37-38-39-40-41-42-43-44-45-47-49-51-53-55-57-59-61-63-65-67-69-71-78(83)89-76(75-88-80(79(84)85)86-73-72-81(3,4)5)74-87-77(82)70-68-66-64-62-60-58-56-54-52-50-48-46-31-29-27-25-23-21-19-17-15-13-11-9-7-2/h8-11,14-17,20-23,26-29,32-33,35-36,38-39,41-42,44-46,48-49,51-52,54-55,57-58,60,76,80H,6-7,12-13,18-19,24-25,30-31,34,37,40,43,47,50,53,56,59,61-75H2,1-5H3/p+1/b10-8-,11-9-,16-14-,17-15-,22-20-,23-21-,28-26-,29-27-,33-32-,36-35-,39-38-,42-41-,45-44-,48-46-,51-49-,54-52-,57-55-,60-58-. The highest BCUT2D eigenvalue weighted by Gasteiger charge is 2.25. The van der Waals surface area contributed by atoms with E-state index in [2.05, 4.69) is 233 Å². The Labute approximate surface area is 543 Å². The molecule has 0 fully saturated rings. The van der Waals surface area contributed by atoms with Crippen LogP contribution in [0.4, 0.5) is 0 Å². The van der Waals surface area contributed by atoms with Crippen LogP contribution < -0.4 is 0 Å². The number of hydrogen-bond donors (Lipinski definition) is 1. The lowest BCUT2D eigenvalue weighted by Crippen LogP contribution is -2.40. The van der Waals surface area contributed by atoms with Gasteiger partial charge in [0.05, 0.1) is 34.4 Å². The molecule has 494 valence electrons. The Morgan fingerprint density at radius 1 is 0.337 bits per heavy atom. The van der Waals surface area contributed by atoms with Crippen LogP contribution in [0.2, 0.25) is 0 Å². The lowest BCUT2D eigenvalue weighted by Gasteiger charge is -2.25. The molecule has 2 atom stereocenters. The minimum Gasteiger partial charge on any atom is -0.477 e. The van der Waals surface area contributed by atoms with Gasteiger partial charge in [0.2, 0.25) is 0 Å². The van der Waals surface area contributed by atoms with Crippen LogP contribution in [0.25, 0.3) is 0 Å². The summed E-state index contributed by atoms with van der Waals surface area (Å²) in [6.07, 6.45) is 105. The highest BCUT2D eigenvalue weighted by molar-refractivity contribution is 5.71. The van der Waals surface area contributed by atoms with E-state index in [9.17, 15) is 19.5 Å². The van der Waals surface area contributed by atoms with Crippen molar-refractivity contribution in [1.29, 1.82) is 0 Å². The number of carbonyl (C=O) groups excluding carboxylic acids is 2. The van der Waals surface area contributed by atoms with Crippen molar-refractivity contribution >= 4 is 17.9 Å². The number of hydrogen-bond acceptors (Lipinski definition) is 7. The zero-order valence-electron chi connectivity index (χ0n) is 56.2. The Morgan fingerprint density at radius 2 is 0.607 bits per heavy atom. The molecule has 0 bridgehead atoms. The van der Waals surface area contributed by atoms with Gasteiger partial charge in [0, 0.05) is 12.8 Å². The average Bonchev–Trinajstić information content (AvgIpc) is 3.64. The number of quaternary nitrogens is 1. The summed E-state index contributed by atoms with van der Waals surface area (Å²) in [7, 11) is 5.93. The summed E-state index contributed by atoms with van der Waals surface area (Å²) in [5.74, 6) is -2.11. The van der Waals surface area contributed by atoms with Crippen molar-refractivity contribution in [1.82, 2.24) is 0 Å². The minimum absolute atomic E-state index is 0.164. The van der Waals surface area contributed by atoms with Gasteiger partial charge in [-0.25, -0.2) is 4.79 Å². The second kappa shape index (κ2) is 67.5. The second-order valence-corrected chi connectivity index (χ2v) is 22.7. The predicted molar refractivity (Wildman–Crippen MR) is 381 cm³/mol. The Hall–Kier alpha value is -6.39. The molecule has 0 saturated carbocycles. The molecule has 2 unspecified atom stereocenters. The zero-order valence-corrected chi connectivity index (χ0v) is 56.2. The molecule has 0 aliphatic rings. The Kier molecular flexibility index (Phi) is 62.7. The van der Waals surface area contributed by atoms with Crippen LogP contribution >= 0.6 is 0 Å². The highest BCUT2D eigenvalue weighted by Crippen LogP contribution is 2.12.